The molecule has 1 rings (SSSR count). The molecular formula is C15H23NO5. The second kappa shape index (κ2) is 9.20. The Bertz CT molecular complexity index is 446. The van der Waals surface area contributed by atoms with Gasteiger partial charge in [0.1, 0.15) is 0 Å². The zero-order valence-electron chi connectivity index (χ0n) is 12.5. The lowest BCUT2D eigenvalue weighted by Gasteiger charge is -2.16. The SMILES string of the molecule is CCOc1cc(CN[C@H](CC)CO)ccc1OCC(=O)O. The van der Waals surface area contributed by atoms with Crippen molar-refractivity contribution in [2.24, 2.45) is 0 Å². The van der Waals surface area contributed by atoms with E-state index in [1.807, 2.05) is 26.0 Å². The van der Waals surface area contributed by atoms with Crippen LogP contribution in [0.3, 0.4) is 0 Å². The Morgan fingerprint density at radius 1 is 1.29 bits per heavy atom. The highest BCUT2D eigenvalue weighted by Crippen LogP contribution is 2.28. The van der Waals surface area contributed by atoms with E-state index in [1.165, 1.54) is 0 Å². The molecule has 0 aromatic heterocycles. The number of hydrogen-bond donors (Lipinski definition) is 3. The van der Waals surface area contributed by atoms with Crippen LogP contribution < -0.4 is 14.8 Å². The van der Waals surface area contributed by atoms with E-state index >= 15 is 0 Å². The summed E-state index contributed by atoms with van der Waals surface area (Å²) < 4.78 is 10.7. The molecule has 0 saturated heterocycles. The van der Waals surface area contributed by atoms with Crippen molar-refractivity contribution in [3.63, 3.8) is 0 Å². The van der Waals surface area contributed by atoms with E-state index in [-0.39, 0.29) is 12.6 Å². The maximum atomic E-state index is 10.6. The summed E-state index contributed by atoms with van der Waals surface area (Å²) in [5, 5.41) is 21.0. The van der Waals surface area contributed by atoms with Gasteiger partial charge in [-0.2, -0.15) is 0 Å². The minimum atomic E-state index is -1.03. The molecule has 0 aliphatic carbocycles. The smallest absolute Gasteiger partial charge is 0.341 e. The summed E-state index contributed by atoms with van der Waals surface area (Å²) in [4.78, 5) is 10.6. The molecule has 0 radical (unpaired) electrons. The number of carbonyl (C=O) groups is 1. The summed E-state index contributed by atoms with van der Waals surface area (Å²) >= 11 is 0. The normalized spacial score (nSPS) is 12.0. The molecule has 0 bridgehead atoms. The van der Waals surface area contributed by atoms with Crippen molar-refractivity contribution in [2.75, 3.05) is 19.8 Å². The number of benzene rings is 1. The van der Waals surface area contributed by atoms with Gasteiger partial charge >= 0.3 is 5.97 Å². The molecule has 0 unspecified atom stereocenters. The van der Waals surface area contributed by atoms with Gasteiger partial charge in [-0.05, 0) is 31.0 Å². The summed E-state index contributed by atoms with van der Waals surface area (Å²) in [5.41, 5.74) is 0.980. The minimum Gasteiger partial charge on any atom is -0.490 e. The number of hydrogen-bond acceptors (Lipinski definition) is 5. The highest BCUT2D eigenvalue weighted by molar-refractivity contribution is 5.68. The lowest BCUT2D eigenvalue weighted by molar-refractivity contribution is -0.139. The summed E-state index contributed by atoms with van der Waals surface area (Å²) in [7, 11) is 0. The van der Waals surface area contributed by atoms with Crippen molar-refractivity contribution in [3.05, 3.63) is 23.8 Å². The van der Waals surface area contributed by atoms with Crippen LogP contribution in [0.15, 0.2) is 18.2 Å². The molecule has 6 nitrogen and oxygen atoms in total. The first-order chi connectivity index (χ1) is 10.1. The predicted octanol–water partition coefficient (Wildman–Crippen LogP) is 1.41. The van der Waals surface area contributed by atoms with Crippen molar-refractivity contribution in [1.82, 2.24) is 5.32 Å². The molecule has 6 heteroatoms. The van der Waals surface area contributed by atoms with Gasteiger partial charge in [0, 0.05) is 12.6 Å². The predicted molar refractivity (Wildman–Crippen MR) is 78.7 cm³/mol. The van der Waals surface area contributed by atoms with Crippen molar-refractivity contribution < 1.29 is 24.5 Å². The molecule has 1 atom stereocenters. The first-order valence-electron chi connectivity index (χ1n) is 7.05. The third-order valence-electron chi connectivity index (χ3n) is 2.97. The first kappa shape index (κ1) is 17.3. The number of carboxylic acid groups (broad SMARTS) is 1. The molecule has 0 aliphatic rings. The van der Waals surface area contributed by atoms with Gasteiger partial charge in [-0.25, -0.2) is 4.79 Å². The number of carboxylic acids is 1. The maximum absolute atomic E-state index is 10.6. The Kier molecular flexibility index (Phi) is 7.56. The topological polar surface area (TPSA) is 88.0 Å². The van der Waals surface area contributed by atoms with Gasteiger partial charge in [-0.3, -0.25) is 0 Å². The number of ether oxygens (including phenoxy) is 2. The summed E-state index contributed by atoms with van der Waals surface area (Å²) in [6.45, 7) is 4.61. The van der Waals surface area contributed by atoms with Gasteiger partial charge in [-0.15, -0.1) is 0 Å². The summed E-state index contributed by atoms with van der Waals surface area (Å²) in [5.74, 6) is -0.0933. The van der Waals surface area contributed by atoms with Crippen molar-refractivity contribution in [3.8, 4) is 11.5 Å². The van der Waals surface area contributed by atoms with E-state index in [0.29, 0.717) is 24.7 Å². The zero-order chi connectivity index (χ0) is 15.7. The van der Waals surface area contributed by atoms with Crippen LogP contribution in [-0.2, 0) is 11.3 Å². The lowest BCUT2D eigenvalue weighted by Crippen LogP contribution is -2.31. The van der Waals surface area contributed by atoms with Gasteiger partial charge < -0.3 is 25.0 Å². The number of nitrogens with one attached hydrogen (secondary N) is 1. The largest absolute Gasteiger partial charge is 0.490 e. The maximum Gasteiger partial charge on any atom is 0.341 e. The molecule has 0 fully saturated rings. The monoisotopic (exact) mass is 297 g/mol. The van der Waals surface area contributed by atoms with E-state index in [0.717, 1.165) is 12.0 Å². The molecule has 118 valence electrons. The summed E-state index contributed by atoms with van der Waals surface area (Å²) in [6, 6.07) is 5.42. The second-order valence-corrected chi connectivity index (χ2v) is 4.57. The molecule has 1 aromatic rings. The minimum absolute atomic E-state index is 0.0588. The quantitative estimate of drug-likeness (QED) is 0.605. The highest BCUT2D eigenvalue weighted by atomic mass is 16.5. The van der Waals surface area contributed by atoms with E-state index in [2.05, 4.69) is 5.32 Å². The Balaban J connectivity index is 2.74. The van der Waals surface area contributed by atoms with Crippen LogP contribution >= 0.6 is 0 Å². The van der Waals surface area contributed by atoms with Crippen molar-refractivity contribution in [2.45, 2.75) is 32.9 Å². The van der Waals surface area contributed by atoms with E-state index in [4.69, 9.17) is 19.7 Å². The van der Waals surface area contributed by atoms with Gasteiger partial charge in [0.15, 0.2) is 18.1 Å². The average molecular weight is 297 g/mol. The first-order valence-corrected chi connectivity index (χ1v) is 7.05. The summed E-state index contributed by atoms with van der Waals surface area (Å²) in [6.07, 6.45) is 0.842. The fraction of sp³-hybridized carbons (Fsp3) is 0.533. The van der Waals surface area contributed by atoms with E-state index < -0.39 is 12.6 Å². The fourth-order valence-corrected chi connectivity index (χ4v) is 1.79. The molecule has 0 amide bonds. The molecular weight excluding hydrogens is 274 g/mol. The van der Waals surface area contributed by atoms with Gasteiger partial charge in [-0.1, -0.05) is 13.0 Å². The van der Waals surface area contributed by atoms with E-state index in [9.17, 15) is 4.79 Å². The Morgan fingerprint density at radius 3 is 2.62 bits per heavy atom. The Labute approximate surface area is 124 Å². The van der Waals surface area contributed by atoms with Crippen LogP contribution in [0.25, 0.3) is 0 Å². The molecule has 21 heavy (non-hydrogen) atoms. The van der Waals surface area contributed by atoms with Crippen LogP contribution in [0, 0.1) is 0 Å². The standard InChI is InChI=1S/C15H23NO5/c1-3-12(9-17)16-8-11-5-6-13(21-10-15(18)19)14(7-11)20-4-2/h5-7,12,16-17H,3-4,8-10H2,1-2H3,(H,18,19)/t12-/m1/s1. The average Bonchev–Trinajstić information content (AvgIpc) is 2.47. The van der Waals surface area contributed by atoms with Crippen LogP contribution in [0.1, 0.15) is 25.8 Å². The number of rotatable bonds is 10. The van der Waals surface area contributed by atoms with E-state index in [1.54, 1.807) is 6.07 Å². The fourth-order valence-electron chi connectivity index (χ4n) is 1.79. The highest BCUT2D eigenvalue weighted by Gasteiger charge is 2.09. The van der Waals surface area contributed by atoms with Crippen molar-refractivity contribution in [1.29, 1.82) is 0 Å². The molecule has 0 spiro atoms. The number of aliphatic carboxylic acids is 1. The number of aliphatic hydroxyl groups excluding tert-OH is 1. The zero-order valence-corrected chi connectivity index (χ0v) is 12.5. The van der Waals surface area contributed by atoms with Crippen LogP contribution in [0.5, 0.6) is 11.5 Å². The second-order valence-electron chi connectivity index (χ2n) is 4.57. The lowest BCUT2D eigenvalue weighted by atomic mass is 10.1. The third kappa shape index (κ3) is 6.01. The molecule has 0 saturated carbocycles. The molecule has 1 aromatic carbocycles. The van der Waals surface area contributed by atoms with Crippen LogP contribution in [0.2, 0.25) is 0 Å². The third-order valence-corrected chi connectivity index (χ3v) is 2.97. The molecule has 3 N–H and O–H groups in total. The van der Waals surface area contributed by atoms with Crippen molar-refractivity contribution >= 4 is 5.97 Å². The molecule has 0 heterocycles. The van der Waals surface area contributed by atoms with Gasteiger partial charge in [0.25, 0.3) is 0 Å². The van der Waals surface area contributed by atoms with Gasteiger partial charge in [0.05, 0.1) is 13.2 Å². The van der Waals surface area contributed by atoms with Crippen LogP contribution in [-0.4, -0.2) is 42.0 Å². The number of aliphatic hydroxyl groups is 1. The Hall–Kier alpha value is -1.79. The Morgan fingerprint density at radius 2 is 2.05 bits per heavy atom. The van der Waals surface area contributed by atoms with Gasteiger partial charge in [0.2, 0.25) is 0 Å². The van der Waals surface area contributed by atoms with Crippen LogP contribution in [0.4, 0.5) is 0 Å². The molecule has 0 aliphatic heterocycles.